The molecule has 8 heteroatoms. The molecular formula is C14H13FN2O3S2. The summed E-state index contributed by atoms with van der Waals surface area (Å²) in [5.74, 6) is -1.19. The number of halogens is 1. The van der Waals surface area contributed by atoms with Gasteiger partial charge in [0.25, 0.3) is 5.91 Å². The van der Waals surface area contributed by atoms with E-state index in [2.05, 4.69) is 5.32 Å². The number of hydrogen-bond acceptors (Lipinski definition) is 5. The van der Waals surface area contributed by atoms with Crippen molar-refractivity contribution in [2.24, 2.45) is 0 Å². The minimum Gasteiger partial charge on any atom is -0.395 e. The second-order valence-corrected chi connectivity index (χ2v) is 6.07. The van der Waals surface area contributed by atoms with Gasteiger partial charge in [-0.15, -0.1) is 0 Å². The maximum Gasteiger partial charge on any atom is 0.266 e. The zero-order valence-electron chi connectivity index (χ0n) is 11.4. The van der Waals surface area contributed by atoms with Gasteiger partial charge in [0.05, 0.1) is 11.5 Å². The molecule has 1 aliphatic heterocycles. The molecule has 0 aromatic heterocycles. The Bertz CT molecular complexity index is 649. The number of carbonyl (C=O) groups excluding carboxylic acids is 2. The van der Waals surface area contributed by atoms with E-state index >= 15 is 0 Å². The first-order valence-electron chi connectivity index (χ1n) is 6.40. The molecule has 0 saturated carbocycles. The van der Waals surface area contributed by atoms with Crippen molar-refractivity contribution in [3.63, 3.8) is 0 Å². The maximum absolute atomic E-state index is 13.2. The van der Waals surface area contributed by atoms with Gasteiger partial charge < -0.3 is 10.4 Å². The van der Waals surface area contributed by atoms with Gasteiger partial charge in [-0.2, -0.15) is 0 Å². The predicted molar refractivity (Wildman–Crippen MR) is 86.4 cm³/mol. The Morgan fingerprint density at radius 2 is 2.27 bits per heavy atom. The quantitative estimate of drug-likeness (QED) is 0.621. The van der Waals surface area contributed by atoms with E-state index in [0.717, 1.165) is 11.8 Å². The van der Waals surface area contributed by atoms with Crippen LogP contribution in [0.3, 0.4) is 0 Å². The Labute approximate surface area is 136 Å². The van der Waals surface area contributed by atoms with E-state index in [4.69, 9.17) is 17.3 Å². The molecule has 0 bridgehead atoms. The van der Waals surface area contributed by atoms with E-state index in [9.17, 15) is 14.0 Å². The zero-order valence-corrected chi connectivity index (χ0v) is 13.0. The van der Waals surface area contributed by atoms with Crippen LogP contribution in [0.1, 0.15) is 5.56 Å². The van der Waals surface area contributed by atoms with Gasteiger partial charge in [-0.25, -0.2) is 4.39 Å². The molecule has 0 spiro atoms. The third-order valence-corrected chi connectivity index (χ3v) is 4.13. The minimum atomic E-state index is -0.405. The molecule has 5 nitrogen and oxygen atoms in total. The van der Waals surface area contributed by atoms with Crippen LogP contribution in [0.4, 0.5) is 4.39 Å². The Morgan fingerprint density at radius 1 is 1.50 bits per heavy atom. The number of aliphatic hydroxyl groups excluding tert-OH is 1. The SMILES string of the molecule is O=C(CN1C(=O)/C(=C/c2cccc(F)c2)SC1=S)NCCO. The number of thiocarbonyl (C=S) groups is 1. The van der Waals surface area contributed by atoms with Crippen LogP contribution >= 0.6 is 24.0 Å². The van der Waals surface area contributed by atoms with Crippen LogP contribution in [0.5, 0.6) is 0 Å². The molecule has 2 rings (SSSR count). The van der Waals surface area contributed by atoms with Crippen molar-refractivity contribution in [3.05, 3.63) is 40.6 Å². The number of hydrogen-bond donors (Lipinski definition) is 2. The number of carbonyl (C=O) groups is 2. The normalized spacial score (nSPS) is 16.5. The third-order valence-electron chi connectivity index (χ3n) is 2.76. The van der Waals surface area contributed by atoms with Crippen molar-refractivity contribution in [3.8, 4) is 0 Å². The molecule has 1 saturated heterocycles. The lowest BCUT2D eigenvalue weighted by molar-refractivity contribution is -0.128. The number of amides is 2. The first kappa shape index (κ1) is 16.6. The minimum absolute atomic E-state index is 0.118. The predicted octanol–water partition coefficient (Wildman–Crippen LogP) is 1.14. The van der Waals surface area contributed by atoms with Gasteiger partial charge in [0.1, 0.15) is 16.7 Å². The average molecular weight is 340 g/mol. The highest BCUT2D eigenvalue weighted by molar-refractivity contribution is 8.26. The number of aliphatic hydroxyl groups is 1. The van der Waals surface area contributed by atoms with Crippen LogP contribution in [0.15, 0.2) is 29.2 Å². The zero-order chi connectivity index (χ0) is 16.1. The van der Waals surface area contributed by atoms with Gasteiger partial charge in [-0.05, 0) is 23.8 Å². The highest BCUT2D eigenvalue weighted by Gasteiger charge is 2.33. The van der Waals surface area contributed by atoms with Crippen LogP contribution in [0.25, 0.3) is 6.08 Å². The number of nitrogens with one attached hydrogen (secondary N) is 1. The first-order chi connectivity index (χ1) is 10.5. The van der Waals surface area contributed by atoms with Crippen molar-refractivity contribution in [2.75, 3.05) is 19.7 Å². The Hall–Kier alpha value is -1.77. The summed E-state index contributed by atoms with van der Waals surface area (Å²) in [4.78, 5) is 25.4. The van der Waals surface area contributed by atoms with Crippen molar-refractivity contribution in [1.29, 1.82) is 0 Å². The number of nitrogens with zero attached hydrogens (tertiary/aromatic N) is 1. The molecule has 1 aromatic rings. The highest BCUT2D eigenvalue weighted by atomic mass is 32.2. The largest absolute Gasteiger partial charge is 0.395 e. The van der Waals surface area contributed by atoms with E-state index in [-0.39, 0.29) is 24.0 Å². The number of rotatable bonds is 5. The second kappa shape index (κ2) is 7.48. The molecule has 116 valence electrons. The van der Waals surface area contributed by atoms with Crippen LogP contribution < -0.4 is 5.32 Å². The lowest BCUT2D eigenvalue weighted by Gasteiger charge is -2.13. The molecule has 2 amide bonds. The number of benzene rings is 1. The lowest BCUT2D eigenvalue weighted by atomic mass is 10.2. The molecule has 0 aliphatic carbocycles. The number of thioether (sulfide) groups is 1. The van der Waals surface area contributed by atoms with Crippen LogP contribution in [-0.2, 0) is 9.59 Å². The van der Waals surface area contributed by atoms with Gasteiger partial charge in [0, 0.05) is 6.54 Å². The molecule has 1 aromatic carbocycles. The molecule has 0 unspecified atom stereocenters. The summed E-state index contributed by atoms with van der Waals surface area (Å²) in [7, 11) is 0. The van der Waals surface area contributed by atoms with Gasteiger partial charge in [-0.1, -0.05) is 36.1 Å². The van der Waals surface area contributed by atoms with Crippen molar-refractivity contribution in [1.82, 2.24) is 10.2 Å². The first-order valence-corrected chi connectivity index (χ1v) is 7.62. The van der Waals surface area contributed by atoms with Gasteiger partial charge in [0.2, 0.25) is 5.91 Å². The molecule has 0 atom stereocenters. The summed E-state index contributed by atoms with van der Waals surface area (Å²) in [6, 6.07) is 5.84. The van der Waals surface area contributed by atoms with E-state index in [1.54, 1.807) is 12.1 Å². The lowest BCUT2D eigenvalue weighted by Crippen LogP contribution is -2.40. The summed E-state index contributed by atoms with van der Waals surface area (Å²) in [6.07, 6.45) is 1.54. The van der Waals surface area contributed by atoms with Crippen LogP contribution in [0, 0.1) is 5.82 Å². The fraction of sp³-hybridized carbons (Fsp3) is 0.214. The Kier molecular flexibility index (Phi) is 5.64. The average Bonchev–Trinajstić information content (AvgIpc) is 2.73. The van der Waals surface area contributed by atoms with E-state index < -0.39 is 17.6 Å². The summed E-state index contributed by atoms with van der Waals surface area (Å²) in [6.45, 7) is -0.262. The van der Waals surface area contributed by atoms with Crippen molar-refractivity contribution in [2.45, 2.75) is 0 Å². The Morgan fingerprint density at radius 3 is 2.95 bits per heavy atom. The van der Waals surface area contributed by atoms with Crippen LogP contribution in [-0.4, -0.2) is 45.8 Å². The molecular weight excluding hydrogens is 327 g/mol. The summed E-state index contributed by atoms with van der Waals surface area (Å²) >= 11 is 6.16. The molecule has 1 aliphatic rings. The van der Waals surface area contributed by atoms with Crippen molar-refractivity contribution >= 4 is 46.2 Å². The Balaban J connectivity index is 2.10. The molecule has 1 fully saturated rings. The fourth-order valence-electron chi connectivity index (χ4n) is 1.78. The summed E-state index contributed by atoms with van der Waals surface area (Å²) in [5.41, 5.74) is 0.547. The summed E-state index contributed by atoms with van der Waals surface area (Å²) in [5, 5.41) is 11.1. The molecule has 0 radical (unpaired) electrons. The topological polar surface area (TPSA) is 69.6 Å². The van der Waals surface area contributed by atoms with E-state index in [1.165, 1.54) is 23.1 Å². The van der Waals surface area contributed by atoms with Crippen LogP contribution in [0.2, 0.25) is 0 Å². The van der Waals surface area contributed by atoms with Crippen molar-refractivity contribution < 1.29 is 19.1 Å². The third kappa shape index (κ3) is 4.12. The van der Waals surface area contributed by atoms with Gasteiger partial charge in [-0.3, -0.25) is 14.5 Å². The highest BCUT2D eigenvalue weighted by Crippen LogP contribution is 2.32. The monoisotopic (exact) mass is 340 g/mol. The summed E-state index contributed by atoms with van der Waals surface area (Å²) < 4.78 is 13.4. The van der Waals surface area contributed by atoms with Gasteiger partial charge >= 0.3 is 0 Å². The fourth-order valence-corrected chi connectivity index (χ4v) is 3.03. The smallest absolute Gasteiger partial charge is 0.266 e. The molecule has 22 heavy (non-hydrogen) atoms. The van der Waals surface area contributed by atoms with E-state index in [0.29, 0.717) is 10.5 Å². The molecule has 2 N–H and O–H groups in total. The van der Waals surface area contributed by atoms with Gasteiger partial charge in [0.15, 0.2) is 0 Å². The standard InChI is InChI=1S/C14H13FN2O3S2/c15-10-3-1-2-9(6-10)7-11-13(20)17(14(21)22-11)8-12(19)16-4-5-18/h1-3,6-7,18H,4-5,8H2,(H,16,19)/b11-7-. The van der Waals surface area contributed by atoms with E-state index in [1.807, 2.05) is 0 Å². The second-order valence-electron chi connectivity index (χ2n) is 4.40. The molecule has 1 heterocycles. The maximum atomic E-state index is 13.2.